The lowest BCUT2D eigenvalue weighted by Crippen LogP contribution is -2.60. The van der Waals surface area contributed by atoms with Crippen molar-refractivity contribution >= 4 is 71.1 Å². The third-order valence-electron chi connectivity index (χ3n) is 12.8. The predicted octanol–water partition coefficient (Wildman–Crippen LogP) is -2.03. The topological polar surface area (TPSA) is 410 Å². The number of fused-ring (bicyclic) bond motifs is 1. The van der Waals surface area contributed by atoms with Crippen molar-refractivity contribution in [3.8, 4) is 5.75 Å². The maximum absolute atomic E-state index is 14.5. The van der Waals surface area contributed by atoms with E-state index in [9.17, 15) is 68.1 Å². The molecule has 0 radical (unpaired) electrons. The van der Waals surface area contributed by atoms with Gasteiger partial charge < -0.3 is 73.8 Å². The zero-order chi connectivity index (χ0) is 56.2. The van der Waals surface area contributed by atoms with E-state index in [-0.39, 0.29) is 75.7 Å². The molecule has 15 N–H and O–H groups in total. The molecule has 0 aromatic heterocycles. The normalized spacial score (nSPS) is 20.4. The fraction of sp³-hybridized carbons (Fsp3) is 0.592. The number of carbonyl (C=O) groups is 11. The van der Waals surface area contributed by atoms with E-state index >= 15 is 0 Å². The highest BCUT2D eigenvalue weighted by Gasteiger charge is 2.53. The van der Waals surface area contributed by atoms with Crippen molar-refractivity contribution in [2.45, 2.75) is 141 Å². The third-order valence-corrected chi connectivity index (χ3v) is 12.8. The Morgan fingerprint density at radius 2 is 1.43 bits per heavy atom. The van der Waals surface area contributed by atoms with Gasteiger partial charge in [0, 0.05) is 44.8 Å². The first-order chi connectivity index (χ1) is 35.3. The van der Waals surface area contributed by atoms with Crippen LogP contribution in [0.2, 0.25) is 0 Å². The highest BCUT2D eigenvalue weighted by atomic mass is 16.4. The summed E-state index contributed by atoms with van der Waals surface area (Å²) in [5.74, 6) is -10.6. The number of carbonyl (C=O) groups excluding carboxylic acids is 9. The van der Waals surface area contributed by atoms with E-state index in [1.807, 2.05) is 0 Å². The summed E-state index contributed by atoms with van der Waals surface area (Å²) >= 11 is 0. The Morgan fingerprint density at radius 3 is 2.01 bits per heavy atom. The molecule has 9 atom stereocenters. The molecule has 1 aromatic rings. The molecular weight excluding hydrogens is 981 g/mol. The van der Waals surface area contributed by atoms with Crippen molar-refractivity contribution in [3.05, 3.63) is 42.0 Å². The fourth-order valence-electron chi connectivity index (χ4n) is 8.58. The molecule has 0 bridgehead atoms. The number of carboxylic acids is 2. The number of aliphatic carboxylic acids is 2. The number of aromatic hydroxyl groups is 1. The summed E-state index contributed by atoms with van der Waals surface area (Å²) in [6.45, 7) is 7.42. The fourth-order valence-corrected chi connectivity index (χ4v) is 8.58. The molecule has 2 aliphatic heterocycles. The quantitative estimate of drug-likeness (QED) is 0.0196. The van der Waals surface area contributed by atoms with E-state index in [2.05, 4.69) is 47.9 Å². The molecule has 1 fully saturated rings. The summed E-state index contributed by atoms with van der Waals surface area (Å²) in [4.78, 5) is 148. The lowest BCUT2D eigenvalue weighted by atomic mass is 9.78. The minimum Gasteiger partial charge on any atom is -0.508 e. The molecule has 3 rings (SSSR count). The minimum absolute atomic E-state index is 0.0178. The molecule has 9 amide bonds. The molecule has 0 saturated carbocycles. The van der Waals surface area contributed by atoms with Gasteiger partial charge in [-0.3, -0.25) is 58.1 Å². The number of nitrogens with two attached hydrogens (primary N) is 1. The number of allylic oxidation sites excluding steroid dienone is 1. The van der Waals surface area contributed by atoms with Crippen LogP contribution < -0.4 is 53.6 Å². The number of carboxylic acid groups (broad SMARTS) is 2. The number of amides is 9. The number of benzene rings is 1. The number of nitrogens with zero attached hydrogens (tertiary/aromatic N) is 1. The Morgan fingerprint density at radius 1 is 0.827 bits per heavy atom. The molecular formula is C49H74N12O14. The number of hydrogen-bond donors (Lipinski definition) is 14. The molecule has 2 aliphatic rings. The first-order valence-corrected chi connectivity index (χ1v) is 24.9. The highest BCUT2D eigenvalue weighted by molar-refractivity contribution is 5.99. The number of nitrogens with one attached hydrogen (secondary N) is 10. The van der Waals surface area contributed by atoms with Crippen LogP contribution in [0.15, 0.2) is 36.4 Å². The van der Waals surface area contributed by atoms with Crippen LogP contribution in [0.1, 0.15) is 98.0 Å². The molecule has 26 heteroatoms. The van der Waals surface area contributed by atoms with E-state index in [0.29, 0.717) is 12.0 Å². The van der Waals surface area contributed by atoms with E-state index in [4.69, 9.17) is 11.1 Å². The van der Waals surface area contributed by atoms with Gasteiger partial charge in [-0.15, -0.1) is 0 Å². The molecule has 26 nitrogen and oxygen atoms in total. The first-order valence-electron chi connectivity index (χ1n) is 24.9. The predicted molar refractivity (Wildman–Crippen MR) is 270 cm³/mol. The number of phenols is 1. The van der Waals surface area contributed by atoms with Gasteiger partial charge in [0.1, 0.15) is 48.0 Å². The number of guanidine groups is 1. The molecule has 1 aromatic carbocycles. The summed E-state index contributed by atoms with van der Waals surface area (Å²) in [6, 6.07) is -3.59. The lowest BCUT2D eigenvalue weighted by molar-refractivity contribution is -0.140. The zero-order valence-corrected chi connectivity index (χ0v) is 43.2. The van der Waals surface area contributed by atoms with E-state index in [0.717, 1.165) is 4.90 Å². The summed E-state index contributed by atoms with van der Waals surface area (Å²) in [7, 11) is 1.31. The average Bonchev–Trinajstić information content (AvgIpc) is 3.56. The molecule has 2 heterocycles. The van der Waals surface area contributed by atoms with Crippen LogP contribution in [-0.2, 0) is 59.2 Å². The molecule has 2 unspecified atom stereocenters. The van der Waals surface area contributed by atoms with E-state index < -0.39 is 138 Å². The highest BCUT2D eigenvalue weighted by Crippen LogP contribution is 2.37. The number of rotatable bonds is 27. The van der Waals surface area contributed by atoms with Crippen molar-refractivity contribution in [1.82, 2.24) is 52.8 Å². The summed E-state index contributed by atoms with van der Waals surface area (Å²) in [5.41, 5.74) is 4.37. The van der Waals surface area contributed by atoms with Gasteiger partial charge in [0.15, 0.2) is 5.96 Å². The molecule has 1 saturated heterocycles. The number of phenolic OH excluding ortho intramolecular Hbond substituents is 1. The Kier molecular flexibility index (Phi) is 23.9. The van der Waals surface area contributed by atoms with Crippen LogP contribution in [0.25, 0.3) is 0 Å². The van der Waals surface area contributed by atoms with Gasteiger partial charge in [0.25, 0.3) is 0 Å². The van der Waals surface area contributed by atoms with Gasteiger partial charge >= 0.3 is 11.9 Å². The third kappa shape index (κ3) is 19.5. The summed E-state index contributed by atoms with van der Waals surface area (Å²) < 4.78 is 0. The second-order valence-electron chi connectivity index (χ2n) is 19.4. The molecule has 75 heavy (non-hydrogen) atoms. The van der Waals surface area contributed by atoms with Crippen LogP contribution in [0.4, 0.5) is 0 Å². The van der Waals surface area contributed by atoms with Crippen LogP contribution in [-0.4, -0.2) is 160 Å². The van der Waals surface area contributed by atoms with Gasteiger partial charge in [-0.25, -0.2) is 0 Å². The number of likely N-dealkylation sites (tertiary alicyclic amines) is 1. The minimum atomic E-state index is -1.53. The maximum atomic E-state index is 14.5. The largest absolute Gasteiger partial charge is 0.508 e. The van der Waals surface area contributed by atoms with Crippen LogP contribution >= 0.6 is 0 Å². The SMILES string of the molecule is CCC(C)[C@H](NC(=O)CN1CC2(CC(=O)O)/C=C\CCC(=O)N[C@@H](C)C(=O)N[C@@H]2C1=O)C(=O)N[C@@H](Cc1ccc(O)cc1)C(=O)N[C@@H](CCCNC(=N)N)C(=O)N[C@@H](CC(C)C)C(=O)N[C@@H](CCC(=O)O)C(=O)NC. The van der Waals surface area contributed by atoms with E-state index in [1.54, 1.807) is 33.8 Å². The smallest absolute Gasteiger partial charge is 0.304 e. The first kappa shape index (κ1) is 61.5. The zero-order valence-electron chi connectivity index (χ0n) is 43.2. The maximum Gasteiger partial charge on any atom is 0.304 e. The second kappa shape index (κ2) is 29.2. The van der Waals surface area contributed by atoms with Gasteiger partial charge in [-0.05, 0) is 68.6 Å². The van der Waals surface area contributed by atoms with Crippen LogP contribution in [0.3, 0.4) is 0 Å². The van der Waals surface area contributed by atoms with Crippen molar-refractivity contribution in [1.29, 1.82) is 5.41 Å². The number of hydrogen-bond acceptors (Lipinski definition) is 13. The van der Waals surface area contributed by atoms with E-state index in [1.165, 1.54) is 44.3 Å². The molecule has 0 aliphatic carbocycles. The molecule has 0 spiro atoms. The average molecular weight is 1060 g/mol. The Balaban J connectivity index is 1.96. The van der Waals surface area contributed by atoms with Crippen molar-refractivity contribution < 1.29 is 68.1 Å². The van der Waals surface area contributed by atoms with Gasteiger partial charge in [-0.1, -0.05) is 58.4 Å². The Labute approximate surface area is 434 Å². The van der Waals surface area contributed by atoms with Crippen molar-refractivity contribution in [3.63, 3.8) is 0 Å². The van der Waals surface area contributed by atoms with Crippen molar-refractivity contribution in [2.75, 3.05) is 26.7 Å². The van der Waals surface area contributed by atoms with Crippen LogP contribution in [0.5, 0.6) is 5.75 Å². The number of likely N-dealkylation sites (N-methyl/N-ethyl adjacent to an activating group) is 1. The van der Waals surface area contributed by atoms with Gasteiger partial charge in [0.05, 0.1) is 13.0 Å². The standard InChI is InChI=1S/C49H74N12O14/c1-7-27(4)39(59-36(64)24-61-25-49(23-38(67)68)19-9-8-12-35(63)54-28(5)41(69)60-40(49)47(61)75)46(74)58-34(22-29-13-15-30(62)16-14-29)45(73)55-31(11-10-20-53-48(50)51)43(71)57-33(21-26(2)3)44(72)56-32(42(70)52-6)17-18-37(65)66/h9,13-16,19,26-28,31-34,39-40,62H,7-8,10-12,17-18,20-25H2,1-6H3,(H,52,70)(H,54,63)(H,55,73)(H,56,72)(H,57,71)(H,58,74)(H,59,64)(H,60,69)(H,65,66)(H,67,68)(H4,50,51,53)/b19-9-/t27?,28-,31-,32-,33-,34-,39-,40+,49?/m0/s1. The van der Waals surface area contributed by atoms with Crippen molar-refractivity contribution in [2.24, 2.45) is 23.0 Å². The second-order valence-corrected chi connectivity index (χ2v) is 19.4. The van der Waals surface area contributed by atoms with Crippen LogP contribution in [0, 0.1) is 22.7 Å². The van der Waals surface area contributed by atoms with Gasteiger partial charge in [0.2, 0.25) is 53.2 Å². The molecule has 414 valence electrons. The summed E-state index contributed by atoms with van der Waals surface area (Å²) in [6.07, 6.45) is 2.02. The Hall–Kier alpha value is -7.80. The Bertz CT molecular complexity index is 2290. The van der Waals surface area contributed by atoms with Gasteiger partial charge in [-0.2, -0.15) is 0 Å². The monoisotopic (exact) mass is 1050 g/mol. The lowest BCUT2D eigenvalue weighted by Gasteiger charge is -2.30. The summed E-state index contributed by atoms with van der Waals surface area (Å²) in [5, 5.41) is 60.0.